The Morgan fingerprint density at radius 1 is 0.826 bits per heavy atom. The molecular weight excluding hydrogens is 282 g/mol. The van der Waals surface area contributed by atoms with Crippen molar-refractivity contribution in [2.75, 3.05) is 6.54 Å². The Kier molecular flexibility index (Phi) is 3.29. The van der Waals surface area contributed by atoms with Gasteiger partial charge in [-0.2, -0.15) is 0 Å². The van der Waals surface area contributed by atoms with Crippen molar-refractivity contribution in [3.63, 3.8) is 0 Å². The number of hydrogen-bond acceptors (Lipinski definition) is 2. The van der Waals surface area contributed by atoms with Crippen LogP contribution in [0.15, 0.2) is 72.8 Å². The second kappa shape index (κ2) is 5.34. The lowest BCUT2D eigenvalue weighted by molar-refractivity contribution is 0.0895. The van der Waals surface area contributed by atoms with Gasteiger partial charge >= 0.3 is 0 Å². The molecule has 0 aliphatic heterocycles. The monoisotopic (exact) mass is 301 g/mol. The van der Waals surface area contributed by atoms with Crippen LogP contribution in [0.5, 0.6) is 0 Å². The summed E-state index contributed by atoms with van der Waals surface area (Å²) >= 11 is 0. The SMILES string of the molecule is NCC(O)(c1ccccc1)c1cccc2c1Cc1ccccc1-2. The maximum Gasteiger partial charge on any atom is 0.127 e. The fourth-order valence-electron chi connectivity index (χ4n) is 3.64. The van der Waals surface area contributed by atoms with E-state index >= 15 is 0 Å². The van der Waals surface area contributed by atoms with Crippen molar-refractivity contribution in [1.82, 2.24) is 0 Å². The zero-order valence-electron chi connectivity index (χ0n) is 12.9. The van der Waals surface area contributed by atoms with E-state index in [0.717, 1.165) is 17.5 Å². The van der Waals surface area contributed by atoms with Crippen molar-refractivity contribution in [3.8, 4) is 11.1 Å². The Morgan fingerprint density at radius 3 is 2.30 bits per heavy atom. The molecule has 1 unspecified atom stereocenters. The molecule has 114 valence electrons. The molecule has 0 spiro atoms. The summed E-state index contributed by atoms with van der Waals surface area (Å²) in [7, 11) is 0. The van der Waals surface area contributed by atoms with Gasteiger partial charge in [0.25, 0.3) is 0 Å². The van der Waals surface area contributed by atoms with Gasteiger partial charge in [0.1, 0.15) is 5.60 Å². The number of aliphatic hydroxyl groups is 1. The van der Waals surface area contributed by atoms with Crippen LogP contribution in [0.4, 0.5) is 0 Å². The molecule has 3 aromatic rings. The van der Waals surface area contributed by atoms with Crippen LogP contribution in [0, 0.1) is 0 Å². The molecule has 2 heteroatoms. The fraction of sp³-hybridized carbons (Fsp3) is 0.143. The molecule has 3 N–H and O–H groups in total. The second-order valence-electron chi connectivity index (χ2n) is 6.10. The van der Waals surface area contributed by atoms with Crippen molar-refractivity contribution >= 4 is 0 Å². The minimum absolute atomic E-state index is 0.157. The van der Waals surface area contributed by atoms with E-state index in [9.17, 15) is 5.11 Å². The standard InChI is InChI=1S/C21H19NO/c22-14-21(23,16-8-2-1-3-9-16)20-12-6-11-18-17-10-5-4-7-15(17)13-19(18)20/h1-12,23H,13-14,22H2. The molecule has 4 rings (SSSR count). The lowest BCUT2D eigenvalue weighted by atomic mass is 9.82. The number of fused-ring (bicyclic) bond motifs is 3. The number of rotatable bonds is 3. The van der Waals surface area contributed by atoms with Gasteiger partial charge in [-0.3, -0.25) is 0 Å². The zero-order valence-corrected chi connectivity index (χ0v) is 12.9. The smallest absolute Gasteiger partial charge is 0.127 e. The predicted molar refractivity (Wildman–Crippen MR) is 93.2 cm³/mol. The first-order chi connectivity index (χ1) is 11.2. The molecular formula is C21H19NO. The van der Waals surface area contributed by atoms with Gasteiger partial charge in [0, 0.05) is 6.54 Å². The molecule has 0 saturated heterocycles. The Labute approximate surface area is 136 Å². The molecule has 23 heavy (non-hydrogen) atoms. The van der Waals surface area contributed by atoms with Gasteiger partial charge in [-0.05, 0) is 39.8 Å². The summed E-state index contributed by atoms with van der Waals surface area (Å²) in [5.74, 6) is 0. The van der Waals surface area contributed by atoms with Crippen LogP contribution in [0.1, 0.15) is 22.3 Å². The van der Waals surface area contributed by atoms with Crippen molar-refractivity contribution in [2.45, 2.75) is 12.0 Å². The number of hydrogen-bond donors (Lipinski definition) is 2. The lowest BCUT2D eigenvalue weighted by Crippen LogP contribution is -2.37. The Bertz CT molecular complexity index is 857. The first-order valence-electron chi connectivity index (χ1n) is 7.92. The number of benzene rings is 3. The molecule has 0 amide bonds. The fourth-order valence-corrected chi connectivity index (χ4v) is 3.64. The van der Waals surface area contributed by atoms with Gasteiger partial charge in [0.05, 0.1) is 0 Å². The predicted octanol–water partition coefficient (Wildman–Crippen LogP) is 3.45. The van der Waals surface area contributed by atoms with Crippen LogP contribution in [-0.2, 0) is 12.0 Å². The Morgan fingerprint density at radius 2 is 1.52 bits per heavy atom. The summed E-state index contributed by atoms with van der Waals surface area (Å²) < 4.78 is 0. The molecule has 0 heterocycles. The van der Waals surface area contributed by atoms with Gasteiger partial charge in [0.15, 0.2) is 0 Å². The highest BCUT2D eigenvalue weighted by Crippen LogP contribution is 2.42. The summed E-state index contributed by atoms with van der Waals surface area (Å²) in [5, 5.41) is 11.4. The van der Waals surface area contributed by atoms with E-state index in [1.165, 1.54) is 22.3 Å². The minimum atomic E-state index is -1.16. The molecule has 2 nitrogen and oxygen atoms in total. The van der Waals surface area contributed by atoms with E-state index in [4.69, 9.17) is 5.73 Å². The second-order valence-corrected chi connectivity index (χ2v) is 6.10. The average molecular weight is 301 g/mol. The average Bonchev–Trinajstić information content (AvgIpc) is 3.00. The van der Waals surface area contributed by atoms with Gasteiger partial charge in [0.2, 0.25) is 0 Å². The van der Waals surface area contributed by atoms with Crippen LogP contribution < -0.4 is 5.73 Å². The zero-order chi connectivity index (χ0) is 15.9. The van der Waals surface area contributed by atoms with Crippen LogP contribution >= 0.6 is 0 Å². The van der Waals surface area contributed by atoms with Crippen molar-refractivity contribution in [3.05, 3.63) is 95.1 Å². The molecule has 1 atom stereocenters. The molecule has 0 bridgehead atoms. The highest BCUT2D eigenvalue weighted by atomic mass is 16.3. The quantitative estimate of drug-likeness (QED) is 0.609. The summed E-state index contributed by atoms with van der Waals surface area (Å²) in [4.78, 5) is 0. The Balaban J connectivity index is 1.92. The third-order valence-electron chi connectivity index (χ3n) is 4.84. The van der Waals surface area contributed by atoms with Crippen molar-refractivity contribution < 1.29 is 5.11 Å². The van der Waals surface area contributed by atoms with Crippen LogP contribution in [-0.4, -0.2) is 11.7 Å². The molecule has 0 aromatic heterocycles. The van der Waals surface area contributed by atoms with Gasteiger partial charge in [-0.1, -0.05) is 72.8 Å². The van der Waals surface area contributed by atoms with Gasteiger partial charge in [-0.15, -0.1) is 0 Å². The van der Waals surface area contributed by atoms with Gasteiger partial charge in [-0.25, -0.2) is 0 Å². The molecule has 1 aliphatic rings. The normalized spacial score (nSPS) is 14.9. The molecule has 1 aliphatic carbocycles. The topological polar surface area (TPSA) is 46.2 Å². The maximum absolute atomic E-state index is 11.4. The van der Waals surface area contributed by atoms with E-state index in [2.05, 4.69) is 30.3 Å². The highest BCUT2D eigenvalue weighted by molar-refractivity contribution is 5.78. The van der Waals surface area contributed by atoms with Crippen molar-refractivity contribution in [1.29, 1.82) is 0 Å². The lowest BCUT2D eigenvalue weighted by Gasteiger charge is -2.30. The van der Waals surface area contributed by atoms with E-state index in [1.807, 2.05) is 42.5 Å². The highest BCUT2D eigenvalue weighted by Gasteiger charge is 2.34. The van der Waals surface area contributed by atoms with Gasteiger partial charge < -0.3 is 10.8 Å². The largest absolute Gasteiger partial charge is 0.379 e. The van der Waals surface area contributed by atoms with E-state index in [-0.39, 0.29) is 6.54 Å². The van der Waals surface area contributed by atoms with Crippen LogP contribution in [0.2, 0.25) is 0 Å². The summed E-state index contributed by atoms with van der Waals surface area (Å²) in [6.45, 7) is 0.157. The number of nitrogens with two attached hydrogens (primary N) is 1. The van der Waals surface area contributed by atoms with E-state index in [1.54, 1.807) is 0 Å². The van der Waals surface area contributed by atoms with E-state index in [0.29, 0.717) is 0 Å². The van der Waals surface area contributed by atoms with E-state index < -0.39 is 5.60 Å². The molecule has 3 aromatic carbocycles. The molecule has 0 saturated carbocycles. The Hall–Kier alpha value is -2.42. The van der Waals surface area contributed by atoms with Crippen LogP contribution in [0.3, 0.4) is 0 Å². The third kappa shape index (κ3) is 2.11. The molecule has 0 fully saturated rings. The summed E-state index contributed by atoms with van der Waals surface area (Å²) in [6.07, 6.45) is 0.844. The summed E-state index contributed by atoms with van der Waals surface area (Å²) in [5.41, 5.74) is 11.6. The van der Waals surface area contributed by atoms with Crippen LogP contribution in [0.25, 0.3) is 11.1 Å². The third-order valence-corrected chi connectivity index (χ3v) is 4.84. The first-order valence-corrected chi connectivity index (χ1v) is 7.92. The molecule has 0 radical (unpaired) electrons. The van der Waals surface area contributed by atoms with Crippen molar-refractivity contribution in [2.24, 2.45) is 5.73 Å². The maximum atomic E-state index is 11.4. The first kappa shape index (κ1) is 14.2. The summed E-state index contributed by atoms with van der Waals surface area (Å²) in [6, 6.07) is 24.3. The minimum Gasteiger partial charge on any atom is -0.379 e.